The highest BCUT2D eigenvalue weighted by Crippen LogP contribution is 2.27. The predicted octanol–water partition coefficient (Wildman–Crippen LogP) is 2.90. The van der Waals surface area contributed by atoms with Crippen LogP contribution >= 0.6 is 0 Å². The van der Waals surface area contributed by atoms with Gasteiger partial charge in [-0.15, -0.1) is 0 Å². The molecular formula is C14H15FN2O. The molecule has 1 atom stereocenters. The van der Waals surface area contributed by atoms with Crippen LogP contribution < -0.4 is 10.5 Å². The first kappa shape index (κ1) is 12.5. The second-order valence-electron chi connectivity index (χ2n) is 4.19. The van der Waals surface area contributed by atoms with E-state index in [4.69, 9.17) is 10.5 Å². The molecule has 0 bridgehead atoms. The van der Waals surface area contributed by atoms with Gasteiger partial charge in [0.1, 0.15) is 17.3 Å². The Morgan fingerprint density at radius 3 is 2.83 bits per heavy atom. The van der Waals surface area contributed by atoms with E-state index in [1.165, 1.54) is 6.07 Å². The molecule has 0 radical (unpaired) electrons. The molecule has 0 saturated carbocycles. The zero-order chi connectivity index (χ0) is 13.0. The van der Waals surface area contributed by atoms with Gasteiger partial charge in [0.15, 0.2) is 0 Å². The number of ether oxygens (including phenoxy) is 1. The maximum Gasteiger partial charge on any atom is 0.145 e. The first-order valence-corrected chi connectivity index (χ1v) is 5.77. The van der Waals surface area contributed by atoms with Gasteiger partial charge in [0.05, 0.1) is 6.20 Å². The summed E-state index contributed by atoms with van der Waals surface area (Å²) >= 11 is 0. The molecule has 0 fully saturated rings. The minimum Gasteiger partial charge on any atom is -0.455 e. The number of nitrogens with zero attached hydrogens (tertiary/aromatic N) is 1. The monoisotopic (exact) mass is 246 g/mol. The van der Waals surface area contributed by atoms with Gasteiger partial charge in [0.25, 0.3) is 0 Å². The number of benzene rings is 1. The Bertz CT molecular complexity index is 514. The molecule has 1 aromatic heterocycles. The summed E-state index contributed by atoms with van der Waals surface area (Å²) in [6, 6.07) is 8.17. The van der Waals surface area contributed by atoms with Crippen molar-refractivity contribution in [3.05, 3.63) is 54.1 Å². The molecule has 0 aliphatic rings. The van der Waals surface area contributed by atoms with E-state index in [1.54, 1.807) is 36.7 Å². The van der Waals surface area contributed by atoms with Crippen molar-refractivity contribution in [3.63, 3.8) is 0 Å². The summed E-state index contributed by atoms with van der Waals surface area (Å²) < 4.78 is 19.4. The zero-order valence-corrected chi connectivity index (χ0v) is 10.1. The van der Waals surface area contributed by atoms with Crippen LogP contribution in [-0.4, -0.2) is 11.0 Å². The van der Waals surface area contributed by atoms with Gasteiger partial charge >= 0.3 is 0 Å². The van der Waals surface area contributed by atoms with Gasteiger partial charge in [0, 0.05) is 17.8 Å². The molecule has 2 rings (SSSR count). The van der Waals surface area contributed by atoms with Crippen LogP contribution in [0.3, 0.4) is 0 Å². The SMILES string of the molecule is CC(N)Cc1c(F)cccc1Oc1cccnc1. The third kappa shape index (κ3) is 3.05. The Morgan fingerprint density at radius 2 is 2.17 bits per heavy atom. The van der Waals surface area contributed by atoms with E-state index in [-0.39, 0.29) is 11.9 Å². The number of pyridine rings is 1. The van der Waals surface area contributed by atoms with Crippen LogP contribution in [-0.2, 0) is 6.42 Å². The Morgan fingerprint density at radius 1 is 1.33 bits per heavy atom. The fourth-order valence-electron chi connectivity index (χ4n) is 1.69. The molecule has 2 N–H and O–H groups in total. The fourth-order valence-corrected chi connectivity index (χ4v) is 1.69. The summed E-state index contributed by atoms with van der Waals surface area (Å²) in [6.45, 7) is 1.83. The van der Waals surface area contributed by atoms with Gasteiger partial charge in [-0.2, -0.15) is 0 Å². The lowest BCUT2D eigenvalue weighted by Gasteiger charge is -2.13. The average Bonchev–Trinajstić information content (AvgIpc) is 2.34. The lowest BCUT2D eigenvalue weighted by molar-refractivity contribution is 0.461. The number of aromatic nitrogens is 1. The van der Waals surface area contributed by atoms with Crippen LogP contribution in [0.5, 0.6) is 11.5 Å². The molecule has 2 aromatic rings. The fraction of sp³-hybridized carbons (Fsp3) is 0.214. The number of rotatable bonds is 4. The number of hydrogen-bond acceptors (Lipinski definition) is 3. The van der Waals surface area contributed by atoms with Crippen molar-refractivity contribution in [3.8, 4) is 11.5 Å². The van der Waals surface area contributed by atoms with Crippen LogP contribution in [0.1, 0.15) is 12.5 Å². The van der Waals surface area contributed by atoms with E-state index in [1.807, 2.05) is 6.92 Å². The molecule has 4 heteroatoms. The average molecular weight is 246 g/mol. The maximum atomic E-state index is 13.8. The predicted molar refractivity (Wildman–Crippen MR) is 68.1 cm³/mol. The molecule has 94 valence electrons. The topological polar surface area (TPSA) is 48.1 Å². The third-order valence-corrected chi connectivity index (χ3v) is 2.46. The first-order valence-electron chi connectivity index (χ1n) is 5.77. The van der Waals surface area contributed by atoms with Crippen molar-refractivity contribution in [1.82, 2.24) is 4.98 Å². The standard InChI is InChI=1S/C14H15FN2O/c1-10(16)8-12-13(15)5-2-6-14(12)18-11-4-3-7-17-9-11/h2-7,9-10H,8,16H2,1H3. The van der Waals surface area contributed by atoms with Crippen LogP contribution in [0.15, 0.2) is 42.7 Å². The van der Waals surface area contributed by atoms with E-state index in [2.05, 4.69) is 4.98 Å². The first-order chi connectivity index (χ1) is 8.66. The molecule has 18 heavy (non-hydrogen) atoms. The molecule has 0 aliphatic heterocycles. The molecule has 1 aromatic carbocycles. The summed E-state index contributed by atoms with van der Waals surface area (Å²) in [5.41, 5.74) is 6.22. The number of nitrogens with two attached hydrogens (primary N) is 1. The third-order valence-electron chi connectivity index (χ3n) is 2.46. The number of halogens is 1. The van der Waals surface area contributed by atoms with Crippen molar-refractivity contribution in [2.24, 2.45) is 5.73 Å². The molecule has 1 heterocycles. The van der Waals surface area contributed by atoms with Gasteiger partial charge in [-0.05, 0) is 37.6 Å². The summed E-state index contributed by atoms with van der Waals surface area (Å²) in [7, 11) is 0. The van der Waals surface area contributed by atoms with E-state index in [0.29, 0.717) is 23.5 Å². The van der Waals surface area contributed by atoms with Crippen molar-refractivity contribution < 1.29 is 9.13 Å². The van der Waals surface area contributed by atoms with Crippen molar-refractivity contribution in [2.75, 3.05) is 0 Å². The maximum absolute atomic E-state index is 13.8. The van der Waals surface area contributed by atoms with E-state index in [9.17, 15) is 4.39 Å². The molecule has 0 saturated heterocycles. The van der Waals surface area contributed by atoms with Gasteiger partial charge in [0.2, 0.25) is 0 Å². The van der Waals surface area contributed by atoms with Crippen LogP contribution in [0.25, 0.3) is 0 Å². The molecule has 0 aliphatic carbocycles. The Labute approximate surface area is 105 Å². The van der Waals surface area contributed by atoms with Crippen molar-refractivity contribution in [2.45, 2.75) is 19.4 Å². The minimum absolute atomic E-state index is 0.127. The van der Waals surface area contributed by atoms with Crippen LogP contribution in [0, 0.1) is 5.82 Å². The highest BCUT2D eigenvalue weighted by molar-refractivity contribution is 5.38. The second kappa shape index (κ2) is 5.60. The summed E-state index contributed by atoms with van der Waals surface area (Å²) in [5.74, 6) is 0.767. The largest absolute Gasteiger partial charge is 0.455 e. The smallest absolute Gasteiger partial charge is 0.145 e. The molecular weight excluding hydrogens is 231 g/mol. The van der Waals surface area contributed by atoms with Crippen LogP contribution in [0.2, 0.25) is 0 Å². The van der Waals surface area contributed by atoms with E-state index < -0.39 is 0 Å². The van der Waals surface area contributed by atoms with Gasteiger partial charge < -0.3 is 10.5 Å². The molecule has 0 spiro atoms. The normalized spacial score (nSPS) is 12.2. The number of hydrogen-bond donors (Lipinski definition) is 1. The molecule has 1 unspecified atom stereocenters. The summed E-state index contributed by atoms with van der Waals surface area (Å²) in [4.78, 5) is 3.95. The Balaban J connectivity index is 2.30. The summed E-state index contributed by atoms with van der Waals surface area (Å²) in [6.07, 6.45) is 3.67. The van der Waals surface area contributed by atoms with Gasteiger partial charge in [-0.1, -0.05) is 6.07 Å². The Hall–Kier alpha value is -1.94. The summed E-state index contributed by atoms with van der Waals surface area (Å²) in [5, 5.41) is 0. The lowest BCUT2D eigenvalue weighted by atomic mass is 10.1. The molecule has 0 amide bonds. The van der Waals surface area contributed by atoms with Crippen molar-refractivity contribution >= 4 is 0 Å². The molecule has 3 nitrogen and oxygen atoms in total. The lowest BCUT2D eigenvalue weighted by Crippen LogP contribution is -2.19. The van der Waals surface area contributed by atoms with E-state index in [0.717, 1.165) is 0 Å². The van der Waals surface area contributed by atoms with Crippen molar-refractivity contribution in [1.29, 1.82) is 0 Å². The van der Waals surface area contributed by atoms with Gasteiger partial charge in [-0.3, -0.25) is 4.98 Å². The minimum atomic E-state index is -0.298. The second-order valence-corrected chi connectivity index (χ2v) is 4.19. The van der Waals surface area contributed by atoms with E-state index >= 15 is 0 Å². The highest BCUT2D eigenvalue weighted by atomic mass is 19.1. The highest BCUT2D eigenvalue weighted by Gasteiger charge is 2.12. The Kier molecular flexibility index (Phi) is 3.89. The quantitative estimate of drug-likeness (QED) is 0.902. The van der Waals surface area contributed by atoms with Gasteiger partial charge in [-0.25, -0.2) is 4.39 Å². The van der Waals surface area contributed by atoms with Crippen LogP contribution in [0.4, 0.5) is 4.39 Å². The zero-order valence-electron chi connectivity index (χ0n) is 10.1.